The van der Waals surface area contributed by atoms with Crippen LogP contribution in [-0.4, -0.2) is 49.6 Å². The van der Waals surface area contributed by atoms with E-state index in [0.717, 1.165) is 0 Å². The first-order valence-corrected chi connectivity index (χ1v) is 5.54. The van der Waals surface area contributed by atoms with Gasteiger partial charge in [0.1, 0.15) is 5.60 Å². The van der Waals surface area contributed by atoms with Crippen LogP contribution in [-0.2, 0) is 4.57 Å². The minimum absolute atomic E-state index is 0.252. The molecule has 0 amide bonds. The Morgan fingerprint density at radius 3 is 2.23 bits per heavy atom. The lowest BCUT2D eigenvalue weighted by atomic mass is 9.98. The van der Waals surface area contributed by atoms with E-state index in [4.69, 9.17) is 14.9 Å². The molecule has 80 valence electrons. The normalized spacial score (nSPS) is 19.5. The van der Waals surface area contributed by atoms with Gasteiger partial charge in [-0.1, -0.05) is 0 Å². The average molecular weight is 214 g/mol. The minimum Gasteiger partial charge on any atom is -0.393 e. The van der Waals surface area contributed by atoms with Crippen LogP contribution in [0.1, 0.15) is 13.3 Å². The molecule has 0 aliphatic carbocycles. The molecule has 6 nitrogen and oxygen atoms in total. The summed E-state index contributed by atoms with van der Waals surface area (Å²) in [4.78, 5) is 16.9. The van der Waals surface area contributed by atoms with Crippen LogP contribution in [0.25, 0.3) is 0 Å². The van der Waals surface area contributed by atoms with E-state index in [2.05, 4.69) is 0 Å². The Balaban J connectivity index is 4.02. The molecule has 0 rings (SSSR count). The van der Waals surface area contributed by atoms with Gasteiger partial charge in [-0.25, -0.2) is 0 Å². The molecule has 0 radical (unpaired) electrons. The molecule has 13 heavy (non-hydrogen) atoms. The zero-order chi connectivity index (χ0) is 10.7. The van der Waals surface area contributed by atoms with Gasteiger partial charge >= 0.3 is 7.60 Å². The Bertz CT molecular complexity index is 197. The summed E-state index contributed by atoms with van der Waals surface area (Å²) in [6.07, 6.45) is -2.10. The first kappa shape index (κ1) is 13.0. The van der Waals surface area contributed by atoms with E-state index in [9.17, 15) is 14.8 Å². The molecule has 0 aromatic carbocycles. The number of aliphatic hydroxyl groups is 3. The highest BCUT2D eigenvalue weighted by Gasteiger charge is 2.30. The molecule has 0 saturated heterocycles. The van der Waals surface area contributed by atoms with Gasteiger partial charge in [-0.2, -0.15) is 0 Å². The highest BCUT2D eigenvalue weighted by molar-refractivity contribution is 7.51. The fourth-order valence-electron chi connectivity index (χ4n) is 0.707. The molecule has 2 atom stereocenters. The molecule has 0 fully saturated rings. The predicted molar refractivity (Wildman–Crippen MR) is 45.2 cm³/mol. The van der Waals surface area contributed by atoms with Crippen LogP contribution < -0.4 is 0 Å². The summed E-state index contributed by atoms with van der Waals surface area (Å²) in [5.41, 5.74) is -1.71. The highest BCUT2D eigenvalue weighted by Crippen LogP contribution is 2.36. The quantitative estimate of drug-likeness (QED) is 0.361. The predicted octanol–water partition coefficient (Wildman–Crippen LogP) is -1.34. The van der Waals surface area contributed by atoms with Gasteiger partial charge < -0.3 is 25.1 Å². The lowest BCUT2D eigenvalue weighted by Crippen LogP contribution is -2.43. The third kappa shape index (κ3) is 5.36. The van der Waals surface area contributed by atoms with Crippen molar-refractivity contribution in [2.75, 3.05) is 12.8 Å². The topological polar surface area (TPSA) is 118 Å². The molecule has 5 N–H and O–H groups in total. The van der Waals surface area contributed by atoms with Crippen LogP contribution >= 0.6 is 7.60 Å². The van der Waals surface area contributed by atoms with Crippen LogP contribution in [0, 0.1) is 0 Å². The Morgan fingerprint density at radius 1 is 1.46 bits per heavy atom. The van der Waals surface area contributed by atoms with E-state index >= 15 is 0 Å². The largest absolute Gasteiger partial charge is 0.393 e. The van der Waals surface area contributed by atoms with Crippen LogP contribution in [0.5, 0.6) is 0 Å². The maximum Gasteiger partial charge on any atom is 0.325 e. The molecular weight excluding hydrogens is 199 g/mol. The molecule has 0 saturated carbocycles. The van der Waals surface area contributed by atoms with E-state index in [1.807, 2.05) is 0 Å². The molecule has 0 aromatic heterocycles. The van der Waals surface area contributed by atoms with E-state index < -0.39 is 32.1 Å². The molecule has 0 aliphatic heterocycles. The SMILES string of the molecule is C[C@](O)(CO)[C@H](O)CCP(=O)(O)O. The standard InChI is InChI=1S/C6H15O6P/c1-6(9,4-7)5(8)2-3-13(10,11)12/h5,7-9H,2-4H2,1H3,(H2,10,11,12)/t5-,6+/m1/s1. The van der Waals surface area contributed by atoms with Gasteiger partial charge in [-0.05, 0) is 13.3 Å². The van der Waals surface area contributed by atoms with E-state index in [1.54, 1.807) is 0 Å². The molecule has 0 heterocycles. The fourth-order valence-corrected chi connectivity index (χ4v) is 1.29. The number of rotatable bonds is 5. The van der Waals surface area contributed by atoms with Crippen molar-refractivity contribution in [2.45, 2.75) is 25.0 Å². The Morgan fingerprint density at radius 2 is 1.92 bits per heavy atom. The second-order valence-corrected chi connectivity index (χ2v) is 4.98. The summed E-state index contributed by atoms with van der Waals surface area (Å²) in [7, 11) is -4.15. The monoisotopic (exact) mass is 214 g/mol. The van der Waals surface area contributed by atoms with Gasteiger partial charge in [-0.15, -0.1) is 0 Å². The zero-order valence-electron chi connectivity index (χ0n) is 7.29. The summed E-state index contributed by atoms with van der Waals surface area (Å²) in [6, 6.07) is 0. The van der Waals surface area contributed by atoms with Crippen LogP contribution in [0.2, 0.25) is 0 Å². The molecule has 0 spiro atoms. The zero-order valence-corrected chi connectivity index (χ0v) is 8.18. The fraction of sp³-hybridized carbons (Fsp3) is 1.00. The maximum atomic E-state index is 10.4. The van der Waals surface area contributed by atoms with Crippen molar-refractivity contribution in [1.29, 1.82) is 0 Å². The Kier molecular flexibility index (Phi) is 4.51. The van der Waals surface area contributed by atoms with Gasteiger partial charge in [0.2, 0.25) is 0 Å². The van der Waals surface area contributed by atoms with Crippen molar-refractivity contribution in [2.24, 2.45) is 0 Å². The number of hydrogen-bond donors (Lipinski definition) is 5. The maximum absolute atomic E-state index is 10.4. The molecule has 0 aliphatic rings. The molecule has 7 heteroatoms. The second-order valence-electron chi connectivity index (χ2n) is 3.21. The summed E-state index contributed by atoms with van der Waals surface area (Å²) in [5.74, 6) is 0. The van der Waals surface area contributed by atoms with E-state index in [0.29, 0.717) is 0 Å². The minimum atomic E-state index is -4.15. The number of hydrogen-bond acceptors (Lipinski definition) is 4. The number of aliphatic hydroxyl groups excluding tert-OH is 2. The van der Waals surface area contributed by atoms with Crippen molar-refractivity contribution in [3.63, 3.8) is 0 Å². The molecule has 0 bridgehead atoms. The Hall–Kier alpha value is 0.0300. The second kappa shape index (κ2) is 4.50. The van der Waals surface area contributed by atoms with Gasteiger partial charge in [-0.3, -0.25) is 4.57 Å². The van der Waals surface area contributed by atoms with Gasteiger partial charge in [0.25, 0.3) is 0 Å². The van der Waals surface area contributed by atoms with Crippen molar-refractivity contribution >= 4 is 7.60 Å². The molecule has 0 aromatic rings. The van der Waals surface area contributed by atoms with Gasteiger partial charge in [0, 0.05) is 0 Å². The van der Waals surface area contributed by atoms with Gasteiger partial charge in [0.05, 0.1) is 18.9 Å². The summed E-state index contributed by atoms with van der Waals surface area (Å²) in [5, 5.41) is 27.0. The van der Waals surface area contributed by atoms with Crippen LogP contribution in [0.3, 0.4) is 0 Å². The molecular formula is C6H15O6P. The first-order chi connectivity index (χ1) is 5.69. The summed E-state index contributed by atoms with van der Waals surface area (Å²) >= 11 is 0. The third-order valence-corrected chi connectivity index (χ3v) is 2.57. The van der Waals surface area contributed by atoms with E-state index in [1.165, 1.54) is 6.92 Å². The third-order valence-electron chi connectivity index (χ3n) is 1.73. The van der Waals surface area contributed by atoms with Crippen molar-refractivity contribution in [3.05, 3.63) is 0 Å². The highest BCUT2D eigenvalue weighted by atomic mass is 31.2. The van der Waals surface area contributed by atoms with Crippen molar-refractivity contribution in [1.82, 2.24) is 0 Å². The van der Waals surface area contributed by atoms with E-state index in [-0.39, 0.29) is 6.42 Å². The van der Waals surface area contributed by atoms with Gasteiger partial charge in [0.15, 0.2) is 0 Å². The Labute approximate surface area is 76.0 Å². The summed E-state index contributed by atoms with van der Waals surface area (Å²) < 4.78 is 10.4. The molecule has 0 unspecified atom stereocenters. The van der Waals surface area contributed by atoms with Crippen LogP contribution in [0.4, 0.5) is 0 Å². The lowest BCUT2D eigenvalue weighted by molar-refractivity contribution is -0.0926. The summed E-state index contributed by atoms with van der Waals surface area (Å²) in [6.45, 7) is 0.534. The smallest absolute Gasteiger partial charge is 0.325 e. The lowest BCUT2D eigenvalue weighted by Gasteiger charge is -2.26. The van der Waals surface area contributed by atoms with Crippen LogP contribution in [0.15, 0.2) is 0 Å². The average Bonchev–Trinajstić information content (AvgIpc) is 1.98. The van der Waals surface area contributed by atoms with Crippen molar-refractivity contribution in [3.8, 4) is 0 Å². The first-order valence-electron chi connectivity index (χ1n) is 3.75. The van der Waals surface area contributed by atoms with Crippen molar-refractivity contribution < 1.29 is 29.7 Å².